The molecule has 1 heterocycles. The number of aryl methyl sites for hydroxylation is 3. The normalized spacial score (nSPS) is 14.9. The Bertz CT molecular complexity index is 430. The summed E-state index contributed by atoms with van der Waals surface area (Å²) in [6, 6.07) is 0. The summed E-state index contributed by atoms with van der Waals surface area (Å²) in [6.45, 7) is 7.00. The van der Waals surface area contributed by atoms with Crippen LogP contribution in [0.25, 0.3) is 0 Å². The van der Waals surface area contributed by atoms with Gasteiger partial charge in [0.15, 0.2) is 5.96 Å². The van der Waals surface area contributed by atoms with Crippen LogP contribution < -0.4 is 10.6 Å². The van der Waals surface area contributed by atoms with Gasteiger partial charge in [-0.15, -0.1) is 11.3 Å². The van der Waals surface area contributed by atoms with E-state index in [1.807, 2.05) is 11.3 Å². The molecule has 0 amide bonds. The maximum atomic E-state index is 4.80. The van der Waals surface area contributed by atoms with Gasteiger partial charge in [0.25, 0.3) is 0 Å². The molecule has 0 unspecified atom stereocenters. The highest BCUT2D eigenvalue weighted by molar-refractivity contribution is 7.11. The first kappa shape index (κ1) is 16.3. The van der Waals surface area contributed by atoms with Crippen LogP contribution in [0.1, 0.15) is 55.1 Å². The first-order valence-electron chi connectivity index (χ1n) is 8.33. The predicted molar refractivity (Wildman–Crippen MR) is 91.3 cm³/mol. The first-order chi connectivity index (χ1) is 10.3. The number of guanidine groups is 1. The van der Waals surface area contributed by atoms with Gasteiger partial charge < -0.3 is 10.6 Å². The Kier molecular flexibility index (Phi) is 7.00. The fourth-order valence-corrected chi connectivity index (χ4v) is 3.72. The Morgan fingerprint density at radius 3 is 2.86 bits per heavy atom. The predicted octanol–water partition coefficient (Wildman–Crippen LogP) is 2.92. The summed E-state index contributed by atoms with van der Waals surface area (Å²) in [5, 5.41) is 8.00. The van der Waals surface area contributed by atoms with E-state index in [2.05, 4.69) is 29.5 Å². The highest BCUT2D eigenvalue weighted by Gasteiger charge is 2.14. The molecule has 1 aromatic heterocycles. The lowest BCUT2D eigenvalue weighted by Crippen LogP contribution is -2.38. The van der Waals surface area contributed by atoms with Crippen molar-refractivity contribution in [2.24, 2.45) is 4.99 Å². The van der Waals surface area contributed by atoms with Gasteiger partial charge in [-0.1, -0.05) is 6.92 Å². The summed E-state index contributed by atoms with van der Waals surface area (Å²) in [4.78, 5) is 10.9. The minimum atomic E-state index is 0.883. The SMILES string of the molecule is CCCN=C(NCC)NCCCc1nc2c(s1)CCCC2. The van der Waals surface area contributed by atoms with Gasteiger partial charge in [0.2, 0.25) is 0 Å². The lowest BCUT2D eigenvalue weighted by Gasteiger charge is -2.10. The molecule has 118 valence electrons. The van der Waals surface area contributed by atoms with Crippen molar-refractivity contribution in [1.82, 2.24) is 15.6 Å². The van der Waals surface area contributed by atoms with Crippen LogP contribution in [0.5, 0.6) is 0 Å². The van der Waals surface area contributed by atoms with E-state index in [4.69, 9.17) is 4.98 Å². The van der Waals surface area contributed by atoms with E-state index in [0.29, 0.717) is 0 Å². The molecular weight excluding hydrogens is 280 g/mol. The van der Waals surface area contributed by atoms with Crippen molar-refractivity contribution in [1.29, 1.82) is 0 Å². The molecular formula is C16H28N4S. The fourth-order valence-electron chi connectivity index (χ4n) is 2.52. The second kappa shape index (κ2) is 9.03. The standard InChI is InChI=1S/C16H28N4S/c1-3-11-18-16(17-4-2)19-12-7-10-15-20-13-8-5-6-9-14(13)21-15/h3-12H2,1-2H3,(H2,17,18,19). The van der Waals surface area contributed by atoms with Crippen LogP contribution in [0, 0.1) is 0 Å². The van der Waals surface area contributed by atoms with E-state index >= 15 is 0 Å². The van der Waals surface area contributed by atoms with Crippen molar-refractivity contribution < 1.29 is 0 Å². The maximum Gasteiger partial charge on any atom is 0.191 e. The Balaban J connectivity index is 1.72. The van der Waals surface area contributed by atoms with Gasteiger partial charge >= 0.3 is 0 Å². The van der Waals surface area contributed by atoms with Gasteiger partial charge in [-0.25, -0.2) is 4.98 Å². The topological polar surface area (TPSA) is 49.3 Å². The number of nitrogens with zero attached hydrogens (tertiary/aromatic N) is 2. The molecule has 0 fully saturated rings. The highest BCUT2D eigenvalue weighted by Crippen LogP contribution is 2.27. The summed E-state index contributed by atoms with van der Waals surface area (Å²) in [5.74, 6) is 0.942. The van der Waals surface area contributed by atoms with Crippen LogP contribution in [0.4, 0.5) is 0 Å². The van der Waals surface area contributed by atoms with Crippen LogP contribution in [-0.2, 0) is 19.3 Å². The molecule has 0 aromatic carbocycles. The van der Waals surface area contributed by atoms with E-state index in [1.165, 1.54) is 36.4 Å². The summed E-state index contributed by atoms with van der Waals surface area (Å²) in [6.07, 6.45) is 8.38. The smallest absolute Gasteiger partial charge is 0.191 e. The molecule has 0 bridgehead atoms. The average Bonchev–Trinajstić information content (AvgIpc) is 2.91. The van der Waals surface area contributed by atoms with E-state index in [0.717, 1.165) is 44.9 Å². The summed E-state index contributed by atoms with van der Waals surface area (Å²) >= 11 is 1.93. The van der Waals surface area contributed by atoms with Crippen LogP contribution >= 0.6 is 11.3 Å². The molecule has 4 nitrogen and oxygen atoms in total. The molecule has 0 radical (unpaired) electrons. The van der Waals surface area contributed by atoms with Crippen LogP contribution in [0.3, 0.4) is 0 Å². The molecule has 1 aliphatic carbocycles. The Morgan fingerprint density at radius 1 is 1.24 bits per heavy atom. The Labute approximate surface area is 132 Å². The number of aliphatic imine (C=N–C) groups is 1. The van der Waals surface area contributed by atoms with Crippen molar-refractivity contribution in [3.63, 3.8) is 0 Å². The molecule has 0 spiro atoms. The minimum absolute atomic E-state index is 0.883. The maximum absolute atomic E-state index is 4.80. The zero-order chi connectivity index (χ0) is 14.9. The second-order valence-corrected chi connectivity index (χ2v) is 6.64. The van der Waals surface area contributed by atoms with Crippen LogP contribution in [-0.4, -0.2) is 30.6 Å². The molecule has 1 aliphatic rings. The van der Waals surface area contributed by atoms with Crippen molar-refractivity contribution in [3.8, 4) is 0 Å². The lowest BCUT2D eigenvalue weighted by atomic mass is 10.0. The van der Waals surface area contributed by atoms with E-state index in [-0.39, 0.29) is 0 Å². The third-order valence-corrected chi connectivity index (χ3v) is 4.80. The molecule has 0 aliphatic heterocycles. The first-order valence-corrected chi connectivity index (χ1v) is 9.14. The van der Waals surface area contributed by atoms with Crippen LogP contribution in [0.2, 0.25) is 0 Å². The number of hydrogen-bond acceptors (Lipinski definition) is 3. The van der Waals surface area contributed by atoms with Gasteiger partial charge in [0.1, 0.15) is 0 Å². The molecule has 2 N–H and O–H groups in total. The highest BCUT2D eigenvalue weighted by atomic mass is 32.1. The van der Waals surface area contributed by atoms with Crippen LogP contribution in [0.15, 0.2) is 4.99 Å². The lowest BCUT2D eigenvalue weighted by molar-refractivity contribution is 0.678. The second-order valence-electron chi connectivity index (χ2n) is 5.48. The number of aromatic nitrogens is 1. The fraction of sp³-hybridized carbons (Fsp3) is 0.750. The molecule has 5 heteroatoms. The third-order valence-electron chi connectivity index (χ3n) is 3.59. The van der Waals surface area contributed by atoms with Gasteiger partial charge in [0, 0.05) is 30.9 Å². The third kappa shape index (κ3) is 5.30. The summed E-state index contributed by atoms with van der Waals surface area (Å²) < 4.78 is 0. The largest absolute Gasteiger partial charge is 0.357 e. The minimum Gasteiger partial charge on any atom is -0.357 e. The number of thiazole rings is 1. The molecule has 0 atom stereocenters. The average molecular weight is 308 g/mol. The molecule has 2 rings (SSSR count). The van der Waals surface area contributed by atoms with Gasteiger partial charge in [0.05, 0.1) is 10.7 Å². The monoisotopic (exact) mass is 308 g/mol. The van der Waals surface area contributed by atoms with Crippen molar-refractivity contribution in [2.45, 2.75) is 58.8 Å². The van der Waals surface area contributed by atoms with E-state index in [1.54, 1.807) is 4.88 Å². The number of hydrogen-bond donors (Lipinski definition) is 2. The van der Waals surface area contributed by atoms with Crippen molar-refractivity contribution in [2.75, 3.05) is 19.6 Å². The van der Waals surface area contributed by atoms with Gasteiger partial charge in [-0.05, 0) is 45.4 Å². The van der Waals surface area contributed by atoms with E-state index < -0.39 is 0 Å². The molecule has 0 saturated heterocycles. The van der Waals surface area contributed by atoms with Crippen molar-refractivity contribution >= 4 is 17.3 Å². The Hall–Kier alpha value is -1.10. The molecule has 1 aromatic rings. The molecule has 0 saturated carbocycles. The molecule has 21 heavy (non-hydrogen) atoms. The van der Waals surface area contributed by atoms with E-state index in [9.17, 15) is 0 Å². The van der Waals surface area contributed by atoms with Gasteiger partial charge in [-0.3, -0.25) is 4.99 Å². The quantitative estimate of drug-likeness (QED) is 0.462. The number of nitrogens with one attached hydrogen (secondary N) is 2. The zero-order valence-electron chi connectivity index (χ0n) is 13.4. The van der Waals surface area contributed by atoms with Gasteiger partial charge in [-0.2, -0.15) is 0 Å². The summed E-state index contributed by atoms with van der Waals surface area (Å²) in [7, 11) is 0. The Morgan fingerprint density at radius 2 is 2.10 bits per heavy atom. The number of fused-ring (bicyclic) bond motifs is 1. The zero-order valence-corrected chi connectivity index (χ0v) is 14.2. The van der Waals surface area contributed by atoms with Crippen molar-refractivity contribution in [3.05, 3.63) is 15.6 Å². The summed E-state index contributed by atoms with van der Waals surface area (Å²) in [5.41, 5.74) is 1.38. The number of rotatable bonds is 7.